The molecule has 0 aliphatic heterocycles. The molecular weight excluding hydrogens is 196 g/mol. The van der Waals surface area contributed by atoms with Crippen LogP contribution in [0.4, 0.5) is 0 Å². The Morgan fingerprint density at radius 1 is 1.29 bits per heavy atom. The maximum absolute atomic E-state index is 5.76. The molecule has 72 valence electrons. The van der Waals surface area contributed by atoms with Crippen molar-refractivity contribution in [3.8, 4) is 5.69 Å². The second-order valence-electron chi connectivity index (χ2n) is 3.17. The van der Waals surface area contributed by atoms with E-state index in [0.29, 0.717) is 5.88 Å². The van der Waals surface area contributed by atoms with Crippen LogP contribution >= 0.6 is 11.6 Å². The third kappa shape index (κ3) is 1.66. The summed E-state index contributed by atoms with van der Waals surface area (Å²) in [5.41, 5.74) is 3.13. The molecule has 0 saturated heterocycles. The van der Waals surface area contributed by atoms with E-state index in [4.69, 9.17) is 11.6 Å². The molecule has 0 aliphatic rings. The molecule has 0 fully saturated rings. The first kappa shape index (κ1) is 9.28. The van der Waals surface area contributed by atoms with Crippen LogP contribution in [0.15, 0.2) is 36.5 Å². The fourth-order valence-corrected chi connectivity index (χ4v) is 1.61. The molecule has 3 heteroatoms. The van der Waals surface area contributed by atoms with Crippen molar-refractivity contribution in [3.63, 3.8) is 0 Å². The molecule has 0 radical (unpaired) electrons. The van der Waals surface area contributed by atoms with Gasteiger partial charge < -0.3 is 0 Å². The normalized spacial score (nSPS) is 10.4. The van der Waals surface area contributed by atoms with E-state index in [0.717, 1.165) is 16.9 Å². The van der Waals surface area contributed by atoms with Crippen LogP contribution in [0.1, 0.15) is 11.3 Å². The van der Waals surface area contributed by atoms with E-state index >= 15 is 0 Å². The van der Waals surface area contributed by atoms with Crippen molar-refractivity contribution < 1.29 is 0 Å². The van der Waals surface area contributed by atoms with Crippen LogP contribution in [-0.4, -0.2) is 9.78 Å². The molecule has 0 spiro atoms. The smallest absolute Gasteiger partial charge is 0.0805 e. The molecular formula is C11H11ClN2. The zero-order valence-corrected chi connectivity index (χ0v) is 8.70. The monoisotopic (exact) mass is 206 g/mol. The average molecular weight is 207 g/mol. The first-order valence-corrected chi connectivity index (χ1v) is 5.01. The summed E-state index contributed by atoms with van der Waals surface area (Å²) in [5, 5.41) is 4.38. The van der Waals surface area contributed by atoms with Gasteiger partial charge in [-0.2, -0.15) is 5.10 Å². The molecule has 0 N–H and O–H groups in total. The van der Waals surface area contributed by atoms with Gasteiger partial charge >= 0.3 is 0 Å². The maximum Gasteiger partial charge on any atom is 0.0805 e. The first-order chi connectivity index (χ1) is 6.81. The van der Waals surface area contributed by atoms with Crippen LogP contribution in [-0.2, 0) is 5.88 Å². The Kier molecular flexibility index (Phi) is 2.55. The quantitative estimate of drug-likeness (QED) is 0.691. The third-order valence-corrected chi connectivity index (χ3v) is 2.40. The number of hydrogen-bond donors (Lipinski definition) is 0. The van der Waals surface area contributed by atoms with Gasteiger partial charge in [0, 0.05) is 6.20 Å². The highest BCUT2D eigenvalue weighted by Crippen LogP contribution is 2.12. The SMILES string of the molecule is Cc1cn(-c2ccccc2)nc1CCl. The van der Waals surface area contributed by atoms with E-state index in [1.165, 1.54) is 0 Å². The van der Waals surface area contributed by atoms with Gasteiger partial charge in [0.15, 0.2) is 0 Å². The number of alkyl halides is 1. The molecule has 0 bridgehead atoms. The number of rotatable bonds is 2. The predicted molar refractivity (Wildman–Crippen MR) is 57.9 cm³/mol. The molecule has 2 rings (SSSR count). The van der Waals surface area contributed by atoms with Crippen molar-refractivity contribution in [1.82, 2.24) is 9.78 Å². The predicted octanol–water partition coefficient (Wildman–Crippen LogP) is 2.92. The van der Waals surface area contributed by atoms with Gasteiger partial charge in [-0.3, -0.25) is 0 Å². The van der Waals surface area contributed by atoms with Crippen LogP contribution < -0.4 is 0 Å². The molecule has 0 unspecified atom stereocenters. The lowest BCUT2D eigenvalue weighted by Crippen LogP contribution is -1.94. The van der Waals surface area contributed by atoms with E-state index in [2.05, 4.69) is 5.10 Å². The lowest BCUT2D eigenvalue weighted by Gasteiger charge is -1.98. The van der Waals surface area contributed by atoms with E-state index < -0.39 is 0 Å². The highest BCUT2D eigenvalue weighted by molar-refractivity contribution is 6.16. The average Bonchev–Trinajstić information content (AvgIpc) is 2.61. The Morgan fingerprint density at radius 3 is 2.57 bits per heavy atom. The Labute approximate surface area is 88.1 Å². The topological polar surface area (TPSA) is 17.8 Å². The summed E-state index contributed by atoms with van der Waals surface area (Å²) in [4.78, 5) is 0. The van der Waals surface area contributed by atoms with E-state index in [9.17, 15) is 0 Å². The number of aryl methyl sites for hydroxylation is 1. The molecule has 2 aromatic rings. The standard InChI is InChI=1S/C11H11ClN2/c1-9-8-14(13-11(9)7-12)10-5-3-2-4-6-10/h2-6,8H,7H2,1H3. The van der Waals surface area contributed by atoms with Gasteiger partial charge in [-0.1, -0.05) is 18.2 Å². The highest BCUT2D eigenvalue weighted by atomic mass is 35.5. The Bertz CT molecular complexity index is 420. The summed E-state index contributed by atoms with van der Waals surface area (Å²) in [6.45, 7) is 2.02. The highest BCUT2D eigenvalue weighted by Gasteiger charge is 2.04. The van der Waals surface area contributed by atoms with Crippen LogP contribution in [0.2, 0.25) is 0 Å². The van der Waals surface area contributed by atoms with E-state index in [1.54, 1.807) is 0 Å². The Hall–Kier alpha value is -1.28. The summed E-state index contributed by atoms with van der Waals surface area (Å²) >= 11 is 5.76. The minimum absolute atomic E-state index is 0.464. The van der Waals surface area contributed by atoms with Crippen molar-refractivity contribution in [3.05, 3.63) is 47.8 Å². The largest absolute Gasteiger partial charge is 0.240 e. The maximum atomic E-state index is 5.76. The van der Waals surface area contributed by atoms with Crippen molar-refractivity contribution in [2.75, 3.05) is 0 Å². The summed E-state index contributed by atoms with van der Waals surface area (Å²) in [7, 11) is 0. The molecule has 0 atom stereocenters. The van der Waals surface area contributed by atoms with Gasteiger partial charge in [-0.05, 0) is 24.6 Å². The second kappa shape index (κ2) is 3.84. The summed E-state index contributed by atoms with van der Waals surface area (Å²) in [6, 6.07) is 10.0. The van der Waals surface area contributed by atoms with Crippen LogP contribution in [0.3, 0.4) is 0 Å². The lowest BCUT2D eigenvalue weighted by atomic mass is 10.3. The van der Waals surface area contributed by atoms with Crippen LogP contribution in [0.25, 0.3) is 5.69 Å². The number of aromatic nitrogens is 2. The summed E-state index contributed by atoms with van der Waals surface area (Å²) in [6.07, 6.45) is 1.99. The number of nitrogens with zero attached hydrogens (tertiary/aromatic N) is 2. The van der Waals surface area contributed by atoms with Gasteiger partial charge in [0.05, 0.1) is 17.3 Å². The number of para-hydroxylation sites is 1. The van der Waals surface area contributed by atoms with Gasteiger partial charge in [0.25, 0.3) is 0 Å². The molecule has 1 aromatic heterocycles. The number of benzene rings is 1. The molecule has 1 heterocycles. The second-order valence-corrected chi connectivity index (χ2v) is 3.44. The molecule has 14 heavy (non-hydrogen) atoms. The fraction of sp³-hybridized carbons (Fsp3) is 0.182. The molecule has 1 aromatic carbocycles. The van der Waals surface area contributed by atoms with Gasteiger partial charge in [-0.25, -0.2) is 4.68 Å². The van der Waals surface area contributed by atoms with Crippen molar-refractivity contribution >= 4 is 11.6 Å². The van der Waals surface area contributed by atoms with Crippen molar-refractivity contribution in [2.45, 2.75) is 12.8 Å². The van der Waals surface area contributed by atoms with Crippen LogP contribution in [0.5, 0.6) is 0 Å². The van der Waals surface area contributed by atoms with Crippen LogP contribution in [0, 0.1) is 6.92 Å². The summed E-state index contributed by atoms with van der Waals surface area (Å²) in [5.74, 6) is 0.464. The van der Waals surface area contributed by atoms with Gasteiger partial charge in [-0.15, -0.1) is 11.6 Å². The van der Waals surface area contributed by atoms with Gasteiger partial charge in [0.1, 0.15) is 0 Å². The van der Waals surface area contributed by atoms with Crippen molar-refractivity contribution in [2.24, 2.45) is 0 Å². The lowest BCUT2D eigenvalue weighted by molar-refractivity contribution is 0.859. The van der Waals surface area contributed by atoms with E-state index in [1.807, 2.05) is 48.1 Å². The van der Waals surface area contributed by atoms with Crippen molar-refractivity contribution in [1.29, 1.82) is 0 Å². The molecule has 0 saturated carbocycles. The fourth-order valence-electron chi connectivity index (χ4n) is 1.34. The molecule has 0 aliphatic carbocycles. The van der Waals surface area contributed by atoms with Gasteiger partial charge in [0.2, 0.25) is 0 Å². The number of halogens is 1. The minimum atomic E-state index is 0.464. The Balaban J connectivity index is 2.43. The minimum Gasteiger partial charge on any atom is -0.240 e. The summed E-state index contributed by atoms with van der Waals surface area (Å²) < 4.78 is 1.85. The first-order valence-electron chi connectivity index (χ1n) is 4.48. The number of hydrogen-bond acceptors (Lipinski definition) is 1. The zero-order chi connectivity index (χ0) is 9.97. The zero-order valence-electron chi connectivity index (χ0n) is 7.94. The molecule has 2 nitrogen and oxygen atoms in total. The van der Waals surface area contributed by atoms with E-state index in [-0.39, 0.29) is 0 Å². The Morgan fingerprint density at radius 2 is 2.00 bits per heavy atom. The molecule has 0 amide bonds. The third-order valence-electron chi connectivity index (χ3n) is 2.15.